The first-order valence-electron chi connectivity index (χ1n) is 5.55. The van der Waals surface area contributed by atoms with Crippen molar-refractivity contribution in [3.8, 4) is 0 Å². The molecule has 0 saturated carbocycles. The van der Waals surface area contributed by atoms with Gasteiger partial charge in [-0.25, -0.2) is 4.79 Å². The second-order valence-corrected chi connectivity index (χ2v) is 5.14. The van der Waals surface area contributed by atoms with E-state index in [1.165, 1.54) is 4.90 Å². The van der Waals surface area contributed by atoms with Gasteiger partial charge in [0.25, 0.3) is 0 Å². The van der Waals surface area contributed by atoms with E-state index < -0.39 is 17.3 Å². The summed E-state index contributed by atoms with van der Waals surface area (Å²) >= 11 is 0. The van der Waals surface area contributed by atoms with Gasteiger partial charge in [0.05, 0.1) is 0 Å². The van der Waals surface area contributed by atoms with Crippen molar-refractivity contribution in [1.82, 2.24) is 9.80 Å². The number of carboxylic acids is 1. The number of amides is 2. The molecule has 0 aromatic rings. The van der Waals surface area contributed by atoms with E-state index in [9.17, 15) is 14.4 Å². The largest absolute Gasteiger partial charge is 0.474 e. The van der Waals surface area contributed by atoms with Crippen molar-refractivity contribution in [2.45, 2.75) is 20.8 Å². The molecule has 1 N–H and O–H groups in total. The molecule has 1 heterocycles. The van der Waals surface area contributed by atoms with Crippen molar-refractivity contribution in [3.63, 3.8) is 0 Å². The SMILES string of the molecule is CC(C)(C)C(=O)N1CCN(C(=O)C(=O)O)CC1. The zero-order valence-corrected chi connectivity index (χ0v) is 10.4. The van der Waals surface area contributed by atoms with Crippen LogP contribution in [0.4, 0.5) is 0 Å². The first-order chi connectivity index (χ1) is 7.73. The Bertz CT molecular complexity index is 338. The first kappa shape index (κ1) is 13.5. The van der Waals surface area contributed by atoms with Gasteiger partial charge in [-0.3, -0.25) is 9.59 Å². The molecule has 1 saturated heterocycles. The van der Waals surface area contributed by atoms with E-state index in [4.69, 9.17) is 5.11 Å². The Hall–Kier alpha value is -1.59. The van der Waals surface area contributed by atoms with Gasteiger partial charge in [-0.1, -0.05) is 20.8 Å². The monoisotopic (exact) mass is 242 g/mol. The van der Waals surface area contributed by atoms with Crippen LogP contribution in [0.5, 0.6) is 0 Å². The molecule has 6 nitrogen and oxygen atoms in total. The van der Waals surface area contributed by atoms with Crippen molar-refractivity contribution < 1.29 is 19.5 Å². The number of nitrogens with zero attached hydrogens (tertiary/aromatic N) is 2. The van der Waals surface area contributed by atoms with Crippen molar-refractivity contribution in [1.29, 1.82) is 0 Å². The topological polar surface area (TPSA) is 77.9 Å². The molecule has 6 heteroatoms. The quantitative estimate of drug-likeness (QED) is 0.596. The molecular weight excluding hydrogens is 224 g/mol. The Morgan fingerprint density at radius 3 is 1.71 bits per heavy atom. The molecule has 0 aliphatic carbocycles. The molecule has 17 heavy (non-hydrogen) atoms. The lowest BCUT2D eigenvalue weighted by atomic mass is 9.94. The van der Waals surface area contributed by atoms with Gasteiger partial charge in [-0.05, 0) is 0 Å². The molecule has 0 aromatic heterocycles. The summed E-state index contributed by atoms with van der Waals surface area (Å²) in [6, 6.07) is 0. The number of aliphatic carboxylic acids is 1. The molecular formula is C11H18N2O4. The molecule has 1 fully saturated rings. The number of carboxylic acid groups (broad SMARTS) is 1. The van der Waals surface area contributed by atoms with Gasteiger partial charge in [-0.2, -0.15) is 0 Å². The molecule has 0 unspecified atom stereocenters. The molecule has 1 aliphatic heterocycles. The maximum absolute atomic E-state index is 11.9. The molecule has 0 radical (unpaired) electrons. The number of hydrogen-bond donors (Lipinski definition) is 1. The Morgan fingerprint density at radius 2 is 1.35 bits per heavy atom. The van der Waals surface area contributed by atoms with Crippen LogP contribution in [0.25, 0.3) is 0 Å². The van der Waals surface area contributed by atoms with E-state index in [2.05, 4.69) is 0 Å². The summed E-state index contributed by atoms with van der Waals surface area (Å²) in [7, 11) is 0. The van der Waals surface area contributed by atoms with Crippen molar-refractivity contribution in [2.75, 3.05) is 26.2 Å². The molecule has 2 amide bonds. The lowest BCUT2D eigenvalue weighted by molar-refractivity contribution is -0.157. The standard InChI is InChI=1S/C11H18N2O4/c1-11(2,3)10(17)13-6-4-12(5-7-13)8(14)9(15)16/h4-7H2,1-3H3,(H,15,16). The summed E-state index contributed by atoms with van der Waals surface area (Å²) in [6.07, 6.45) is 0. The first-order valence-corrected chi connectivity index (χ1v) is 5.55. The predicted molar refractivity (Wildman–Crippen MR) is 60.3 cm³/mol. The minimum absolute atomic E-state index is 0.0277. The van der Waals surface area contributed by atoms with Crippen LogP contribution in [-0.4, -0.2) is 58.9 Å². The van der Waals surface area contributed by atoms with E-state index >= 15 is 0 Å². The fraction of sp³-hybridized carbons (Fsp3) is 0.727. The van der Waals surface area contributed by atoms with Crippen LogP contribution in [-0.2, 0) is 14.4 Å². The minimum Gasteiger partial charge on any atom is -0.474 e. The summed E-state index contributed by atoms with van der Waals surface area (Å²) in [5.74, 6) is -2.31. The molecule has 1 aliphatic rings. The van der Waals surface area contributed by atoms with Gasteiger partial charge < -0.3 is 14.9 Å². The Balaban J connectivity index is 2.55. The number of hydrogen-bond acceptors (Lipinski definition) is 3. The van der Waals surface area contributed by atoms with E-state index in [1.54, 1.807) is 4.90 Å². The second-order valence-electron chi connectivity index (χ2n) is 5.14. The zero-order valence-electron chi connectivity index (χ0n) is 10.4. The van der Waals surface area contributed by atoms with Crippen LogP contribution >= 0.6 is 0 Å². The fourth-order valence-corrected chi connectivity index (χ4v) is 1.72. The van der Waals surface area contributed by atoms with Crippen LogP contribution in [0.2, 0.25) is 0 Å². The normalized spacial score (nSPS) is 16.9. The zero-order chi connectivity index (χ0) is 13.2. The third-order valence-electron chi connectivity index (χ3n) is 2.68. The molecule has 0 aromatic carbocycles. The predicted octanol–water partition coefficient (Wildman–Crippen LogP) is -0.212. The van der Waals surface area contributed by atoms with Gasteiger partial charge in [0.15, 0.2) is 0 Å². The van der Waals surface area contributed by atoms with Gasteiger partial charge in [0.2, 0.25) is 5.91 Å². The molecule has 0 atom stereocenters. The maximum Gasteiger partial charge on any atom is 0.394 e. The van der Waals surface area contributed by atoms with Crippen molar-refractivity contribution in [2.24, 2.45) is 5.41 Å². The van der Waals surface area contributed by atoms with E-state index in [1.807, 2.05) is 20.8 Å². The number of carbonyl (C=O) groups excluding carboxylic acids is 2. The van der Waals surface area contributed by atoms with Crippen LogP contribution in [0.1, 0.15) is 20.8 Å². The molecule has 0 spiro atoms. The van der Waals surface area contributed by atoms with Gasteiger partial charge >= 0.3 is 11.9 Å². The molecule has 96 valence electrons. The second kappa shape index (κ2) is 4.73. The van der Waals surface area contributed by atoms with Crippen LogP contribution in [0.3, 0.4) is 0 Å². The summed E-state index contributed by atoms with van der Waals surface area (Å²) in [4.78, 5) is 36.6. The lowest BCUT2D eigenvalue weighted by Crippen LogP contribution is -2.54. The molecule has 1 rings (SSSR count). The third kappa shape index (κ3) is 3.18. The summed E-state index contributed by atoms with van der Waals surface area (Å²) < 4.78 is 0. The van der Waals surface area contributed by atoms with Gasteiger partial charge in [0, 0.05) is 31.6 Å². The number of carbonyl (C=O) groups is 3. The highest BCUT2D eigenvalue weighted by molar-refractivity contribution is 6.31. The van der Waals surface area contributed by atoms with Crippen LogP contribution in [0, 0.1) is 5.41 Å². The van der Waals surface area contributed by atoms with Gasteiger partial charge in [0.1, 0.15) is 0 Å². The number of piperazine rings is 1. The Morgan fingerprint density at radius 1 is 0.941 bits per heavy atom. The Kier molecular flexibility index (Phi) is 3.75. The third-order valence-corrected chi connectivity index (χ3v) is 2.68. The average molecular weight is 242 g/mol. The van der Waals surface area contributed by atoms with E-state index in [0.29, 0.717) is 13.1 Å². The summed E-state index contributed by atoms with van der Waals surface area (Å²) in [5, 5.41) is 8.57. The summed E-state index contributed by atoms with van der Waals surface area (Å²) in [6.45, 7) is 6.88. The average Bonchev–Trinajstić information content (AvgIpc) is 2.26. The van der Waals surface area contributed by atoms with Crippen LogP contribution in [0.15, 0.2) is 0 Å². The highest BCUT2D eigenvalue weighted by atomic mass is 16.4. The maximum atomic E-state index is 11.9. The highest BCUT2D eigenvalue weighted by Gasteiger charge is 2.32. The van der Waals surface area contributed by atoms with E-state index in [0.717, 1.165) is 0 Å². The minimum atomic E-state index is -1.44. The van der Waals surface area contributed by atoms with Crippen molar-refractivity contribution >= 4 is 17.8 Å². The lowest BCUT2D eigenvalue weighted by Gasteiger charge is -2.37. The van der Waals surface area contributed by atoms with E-state index in [-0.39, 0.29) is 19.0 Å². The fourth-order valence-electron chi connectivity index (χ4n) is 1.72. The van der Waals surface area contributed by atoms with Crippen LogP contribution < -0.4 is 0 Å². The van der Waals surface area contributed by atoms with Gasteiger partial charge in [-0.15, -0.1) is 0 Å². The highest BCUT2D eigenvalue weighted by Crippen LogP contribution is 2.18. The summed E-state index contributed by atoms with van der Waals surface area (Å²) in [5.41, 5.74) is -0.445. The smallest absolute Gasteiger partial charge is 0.394 e. The number of rotatable bonds is 0. The van der Waals surface area contributed by atoms with Crippen molar-refractivity contribution in [3.05, 3.63) is 0 Å². The molecule has 0 bridgehead atoms. The Labute approximate surface area is 100 Å².